The molecule has 1 saturated carbocycles. The Morgan fingerprint density at radius 3 is 1.78 bits per heavy atom. The topological polar surface area (TPSA) is 0 Å². The van der Waals surface area contributed by atoms with E-state index < -0.39 is 0 Å². The molecule has 0 bridgehead atoms. The van der Waals surface area contributed by atoms with E-state index in [9.17, 15) is 0 Å². The highest BCUT2D eigenvalue weighted by Gasteiger charge is 2.35. The van der Waals surface area contributed by atoms with Crippen LogP contribution in [-0.4, -0.2) is 0 Å². The number of allylic oxidation sites excluding steroid dienone is 1. The van der Waals surface area contributed by atoms with Gasteiger partial charge in [0.15, 0.2) is 0 Å². The second-order valence-electron chi connectivity index (χ2n) is 3.16. The van der Waals surface area contributed by atoms with Crippen molar-refractivity contribution < 1.29 is 0 Å². The van der Waals surface area contributed by atoms with Gasteiger partial charge in [0, 0.05) is 0 Å². The van der Waals surface area contributed by atoms with Gasteiger partial charge in [0.25, 0.3) is 0 Å². The van der Waals surface area contributed by atoms with E-state index in [0.29, 0.717) is 0 Å². The fourth-order valence-electron chi connectivity index (χ4n) is 1.08. The smallest absolute Gasteiger partial charge is 0.00834 e. The van der Waals surface area contributed by atoms with Gasteiger partial charge in [0.05, 0.1) is 0 Å². The highest BCUT2D eigenvalue weighted by atomic mass is 14.4. The quantitative estimate of drug-likeness (QED) is 0.433. The maximum absolute atomic E-state index is 3.35. The van der Waals surface area contributed by atoms with Gasteiger partial charge < -0.3 is 0 Å². The average Bonchev–Trinajstić information content (AvgIpc) is 2.22. The monoisotopic (exact) mass is 122 g/mol. The predicted molar refractivity (Wildman–Crippen MR) is 40.2 cm³/mol. The number of hydrogen-bond acceptors (Lipinski definition) is 0. The molecule has 0 aromatic heterocycles. The van der Waals surface area contributed by atoms with Crippen LogP contribution in [0.15, 0.2) is 16.9 Å². The first-order chi connectivity index (χ1) is 4.13. The standard InChI is InChI=1S/C9H14/c1-6(2)5-9-7(3)8(9)4/h7-8H,1-4H3/t7-,8+. The molecule has 0 amide bonds. The van der Waals surface area contributed by atoms with Crippen molar-refractivity contribution in [1.29, 1.82) is 0 Å². The van der Waals surface area contributed by atoms with Gasteiger partial charge in [-0.3, -0.25) is 0 Å². The third-order valence-electron chi connectivity index (χ3n) is 2.02. The summed E-state index contributed by atoms with van der Waals surface area (Å²) in [6.45, 7) is 8.72. The van der Waals surface area contributed by atoms with Crippen molar-refractivity contribution in [1.82, 2.24) is 0 Å². The van der Waals surface area contributed by atoms with Gasteiger partial charge >= 0.3 is 0 Å². The fraction of sp³-hybridized carbons (Fsp3) is 0.667. The highest BCUT2D eigenvalue weighted by Crippen LogP contribution is 2.43. The lowest BCUT2D eigenvalue weighted by Crippen LogP contribution is -1.58. The molecule has 0 radical (unpaired) electrons. The summed E-state index contributed by atoms with van der Waals surface area (Å²) in [4.78, 5) is 0. The van der Waals surface area contributed by atoms with E-state index in [0.717, 1.165) is 11.8 Å². The number of hydrogen-bond donors (Lipinski definition) is 0. The van der Waals surface area contributed by atoms with Crippen LogP contribution >= 0.6 is 0 Å². The highest BCUT2D eigenvalue weighted by molar-refractivity contribution is 5.27. The molecule has 0 nitrogen and oxygen atoms in total. The molecule has 0 heteroatoms. The molecule has 1 fully saturated rings. The van der Waals surface area contributed by atoms with Gasteiger partial charge in [-0.2, -0.15) is 0 Å². The lowest BCUT2D eigenvalue weighted by molar-refractivity contribution is 0.834. The first-order valence-electron chi connectivity index (χ1n) is 3.57. The summed E-state index contributed by atoms with van der Waals surface area (Å²) in [5, 5.41) is 0. The normalized spacial score (nSPS) is 31.8. The van der Waals surface area contributed by atoms with Crippen LogP contribution in [0.3, 0.4) is 0 Å². The van der Waals surface area contributed by atoms with Crippen molar-refractivity contribution in [2.75, 3.05) is 0 Å². The summed E-state index contributed by atoms with van der Waals surface area (Å²) in [6, 6.07) is 0. The Labute approximate surface area is 57.3 Å². The summed E-state index contributed by atoms with van der Waals surface area (Å²) in [5.41, 5.74) is 6.17. The molecule has 0 aromatic rings. The van der Waals surface area contributed by atoms with Gasteiger partial charge in [-0.15, -0.1) is 5.73 Å². The van der Waals surface area contributed by atoms with E-state index in [-0.39, 0.29) is 0 Å². The Bertz CT molecular complexity index is 166. The van der Waals surface area contributed by atoms with Crippen LogP contribution in [-0.2, 0) is 0 Å². The zero-order chi connectivity index (χ0) is 7.02. The summed E-state index contributed by atoms with van der Waals surface area (Å²) >= 11 is 0. The maximum Gasteiger partial charge on any atom is -0.00834 e. The largest absolute Gasteiger partial charge is 0.123 e. The molecule has 0 N–H and O–H groups in total. The molecule has 2 atom stereocenters. The van der Waals surface area contributed by atoms with Crippen molar-refractivity contribution >= 4 is 0 Å². The van der Waals surface area contributed by atoms with Crippen LogP contribution in [0.1, 0.15) is 27.7 Å². The molecule has 1 aliphatic carbocycles. The zero-order valence-electron chi connectivity index (χ0n) is 6.65. The molecule has 50 valence electrons. The van der Waals surface area contributed by atoms with Crippen molar-refractivity contribution in [3.63, 3.8) is 0 Å². The van der Waals surface area contributed by atoms with Crippen molar-refractivity contribution in [2.24, 2.45) is 11.8 Å². The minimum Gasteiger partial charge on any atom is -0.123 e. The van der Waals surface area contributed by atoms with E-state index >= 15 is 0 Å². The first kappa shape index (κ1) is 6.64. The summed E-state index contributed by atoms with van der Waals surface area (Å²) < 4.78 is 0. The summed E-state index contributed by atoms with van der Waals surface area (Å²) in [5.74, 6) is 1.61. The van der Waals surface area contributed by atoms with Crippen molar-refractivity contribution in [2.45, 2.75) is 27.7 Å². The van der Waals surface area contributed by atoms with Crippen LogP contribution in [0.2, 0.25) is 0 Å². The third kappa shape index (κ3) is 1.25. The maximum atomic E-state index is 3.35. The van der Waals surface area contributed by atoms with Gasteiger partial charge in [-0.1, -0.05) is 13.8 Å². The van der Waals surface area contributed by atoms with E-state index in [1.54, 1.807) is 0 Å². The minimum atomic E-state index is 0.805. The predicted octanol–water partition coefficient (Wildman–Crippen LogP) is 2.76. The molecule has 1 aliphatic rings. The van der Waals surface area contributed by atoms with Crippen LogP contribution in [0.4, 0.5) is 0 Å². The molecule has 1 rings (SSSR count). The minimum absolute atomic E-state index is 0.805. The molecule has 9 heavy (non-hydrogen) atoms. The van der Waals surface area contributed by atoms with Gasteiger partial charge in [-0.25, -0.2) is 0 Å². The zero-order valence-corrected chi connectivity index (χ0v) is 6.65. The van der Waals surface area contributed by atoms with Gasteiger partial charge in [0.2, 0.25) is 0 Å². The molecule has 0 unspecified atom stereocenters. The molecular weight excluding hydrogens is 108 g/mol. The molecular formula is C9H14. The van der Waals surface area contributed by atoms with Gasteiger partial charge in [0.1, 0.15) is 0 Å². The molecule has 0 saturated heterocycles. The fourth-order valence-corrected chi connectivity index (χ4v) is 1.08. The Hall–Kier alpha value is -0.480. The SMILES string of the molecule is CC(C)=C=C1[C@@H](C)[C@H]1C. The third-order valence-corrected chi connectivity index (χ3v) is 2.02. The Morgan fingerprint density at radius 1 is 1.22 bits per heavy atom. The lowest BCUT2D eigenvalue weighted by Gasteiger charge is -1.73. The summed E-state index contributed by atoms with van der Waals surface area (Å²) in [7, 11) is 0. The Kier molecular flexibility index (Phi) is 1.50. The van der Waals surface area contributed by atoms with E-state index in [1.807, 2.05) is 0 Å². The Morgan fingerprint density at radius 2 is 1.67 bits per heavy atom. The van der Waals surface area contributed by atoms with Crippen molar-refractivity contribution in [3.8, 4) is 0 Å². The van der Waals surface area contributed by atoms with Crippen LogP contribution in [0.5, 0.6) is 0 Å². The first-order valence-corrected chi connectivity index (χ1v) is 3.57. The van der Waals surface area contributed by atoms with Crippen LogP contribution < -0.4 is 0 Å². The van der Waals surface area contributed by atoms with Crippen LogP contribution in [0.25, 0.3) is 0 Å². The molecule has 0 aromatic carbocycles. The molecule has 0 aliphatic heterocycles. The molecule has 0 heterocycles. The second kappa shape index (κ2) is 2.04. The summed E-state index contributed by atoms with van der Waals surface area (Å²) in [6.07, 6.45) is 0. The van der Waals surface area contributed by atoms with Crippen LogP contribution in [0, 0.1) is 11.8 Å². The average molecular weight is 122 g/mol. The van der Waals surface area contributed by atoms with E-state index in [1.165, 1.54) is 11.1 Å². The Balaban J connectivity index is 2.79. The van der Waals surface area contributed by atoms with E-state index in [4.69, 9.17) is 0 Å². The number of rotatable bonds is 0. The molecule has 0 spiro atoms. The van der Waals surface area contributed by atoms with Crippen molar-refractivity contribution in [3.05, 3.63) is 16.9 Å². The second-order valence-corrected chi connectivity index (χ2v) is 3.16. The van der Waals surface area contributed by atoms with E-state index in [2.05, 4.69) is 33.4 Å². The van der Waals surface area contributed by atoms with Gasteiger partial charge in [-0.05, 0) is 36.8 Å². The lowest BCUT2D eigenvalue weighted by atomic mass is 10.3.